The van der Waals surface area contributed by atoms with Crippen molar-refractivity contribution in [3.8, 4) is 0 Å². The van der Waals surface area contributed by atoms with E-state index in [-0.39, 0.29) is 10.8 Å². The van der Waals surface area contributed by atoms with Crippen LogP contribution in [0.2, 0.25) is 0 Å². The monoisotopic (exact) mass is 333 g/mol. The number of nitrogens with zero attached hydrogens (tertiary/aromatic N) is 1. The van der Waals surface area contributed by atoms with Gasteiger partial charge in [0.25, 0.3) is 0 Å². The molecule has 7 heteroatoms. The average Bonchev–Trinajstić information content (AvgIpc) is 2.56. The normalized spacial score (nSPS) is 12.6. The number of sulfonamides is 1. The van der Waals surface area contributed by atoms with E-state index in [2.05, 4.69) is 15.0 Å². The summed E-state index contributed by atoms with van der Waals surface area (Å²) in [7, 11) is -3.70. The molecule has 0 radical (unpaired) electrons. The minimum Gasteiger partial charge on any atom is -0.354 e. The molecule has 0 unspecified atom stereocenters. The molecule has 2 rings (SSSR count). The highest BCUT2D eigenvalue weighted by Crippen LogP contribution is 2.07. The fourth-order valence-electron chi connectivity index (χ4n) is 1.97. The first-order valence-corrected chi connectivity index (χ1v) is 8.72. The van der Waals surface area contributed by atoms with Gasteiger partial charge in [-0.1, -0.05) is 24.3 Å². The maximum atomic E-state index is 12.1. The molecule has 0 fully saturated rings. The molecule has 0 aliphatic heterocycles. The highest BCUT2D eigenvalue weighted by Gasteiger charge is 2.21. The Hall–Kier alpha value is -2.25. The van der Waals surface area contributed by atoms with Crippen molar-refractivity contribution in [2.75, 3.05) is 6.54 Å². The summed E-state index contributed by atoms with van der Waals surface area (Å²) in [6.45, 7) is 1.91. The van der Waals surface area contributed by atoms with Crippen LogP contribution in [0.1, 0.15) is 12.6 Å². The van der Waals surface area contributed by atoms with Gasteiger partial charge in [0, 0.05) is 24.9 Å². The summed E-state index contributed by atoms with van der Waals surface area (Å²) in [6, 6.07) is 12.7. The summed E-state index contributed by atoms with van der Waals surface area (Å²) in [5, 5.41) is 2.70. The molecule has 1 amide bonds. The van der Waals surface area contributed by atoms with Crippen LogP contribution in [0.15, 0.2) is 59.6 Å². The Balaban J connectivity index is 1.85. The molecule has 2 N–H and O–H groups in total. The summed E-state index contributed by atoms with van der Waals surface area (Å²) in [6.07, 6.45) is 2.28. The van der Waals surface area contributed by atoms with Crippen molar-refractivity contribution in [3.05, 3.63) is 60.4 Å². The number of hydrogen-bond acceptors (Lipinski definition) is 4. The number of amides is 1. The summed E-state index contributed by atoms with van der Waals surface area (Å²) < 4.78 is 26.6. The molecule has 0 saturated heterocycles. The second-order valence-electron chi connectivity index (χ2n) is 5.02. The van der Waals surface area contributed by atoms with Gasteiger partial charge in [-0.05, 0) is 31.2 Å². The van der Waals surface area contributed by atoms with E-state index in [1.807, 2.05) is 18.2 Å². The van der Waals surface area contributed by atoms with Crippen molar-refractivity contribution in [1.82, 2.24) is 15.0 Å². The maximum absolute atomic E-state index is 12.1. The van der Waals surface area contributed by atoms with E-state index in [4.69, 9.17) is 0 Å². The lowest BCUT2D eigenvalue weighted by atomic mass is 10.2. The average molecular weight is 333 g/mol. The number of aromatic nitrogens is 1. The standard InChI is InChI=1S/C16H19N3O3S/c1-13(19-23(21,22)15-8-3-2-4-9-15)16(20)18-12-10-14-7-5-6-11-17-14/h2-9,11,13,19H,10,12H2,1H3,(H,18,20)/t13-/m1/s1. The Bertz CT molecular complexity index is 734. The first-order valence-electron chi connectivity index (χ1n) is 7.24. The van der Waals surface area contributed by atoms with Crippen molar-refractivity contribution < 1.29 is 13.2 Å². The van der Waals surface area contributed by atoms with Crippen LogP contribution < -0.4 is 10.0 Å². The number of pyridine rings is 1. The largest absolute Gasteiger partial charge is 0.354 e. The molecule has 6 nitrogen and oxygen atoms in total. The van der Waals surface area contributed by atoms with E-state index in [0.717, 1.165) is 5.69 Å². The Labute approximate surface area is 136 Å². The first-order chi connectivity index (χ1) is 11.0. The molecule has 1 aromatic carbocycles. The Kier molecular flexibility index (Phi) is 5.84. The van der Waals surface area contributed by atoms with Gasteiger partial charge in [-0.3, -0.25) is 9.78 Å². The van der Waals surface area contributed by atoms with Crippen LogP contribution in [0.5, 0.6) is 0 Å². The Morgan fingerprint density at radius 1 is 1.13 bits per heavy atom. The lowest BCUT2D eigenvalue weighted by Gasteiger charge is -2.14. The second kappa shape index (κ2) is 7.85. The van der Waals surface area contributed by atoms with Gasteiger partial charge in [-0.15, -0.1) is 0 Å². The van der Waals surface area contributed by atoms with Gasteiger partial charge < -0.3 is 5.32 Å². The van der Waals surface area contributed by atoms with Gasteiger partial charge in [0.15, 0.2) is 0 Å². The van der Waals surface area contributed by atoms with E-state index < -0.39 is 16.1 Å². The zero-order valence-corrected chi connectivity index (χ0v) is 13.6. The van der Waals surface area contributed by atoms with Crippen LogP contribution in [-0.2, 0) is 21.2 Å². The molecule has 0 bridgehead atoms. The molecule has 0 aliphatic rings. The van der Waals surface area contributed by atoms with Crippen molar-refractivity contribution in [2.45, 2.75) is 24.3 Å². The SMILES string of the molecule is C[C@@H](NS(=O)(=O)c1ccccc1)C(=O)NCCc1ccccn1. The molecular weight excluding hydrogens is 314 g/mol. The fourth-order valence-corrected chi connectivity index (χ4v) is 3.19. The molecule has 23 heavy (non-hydrogen) atoms. The lowest BCUT2D eigenvalue weighted by molar-refractivity contribution is -0.122. The summed E-state index contributed by atoms with van der Waals surface area (Å²) >= 11 is 0. The third-order valence-corrected chi connectivity index (χ3v) is 4.74. The summed E-state index contributed by atoms with van der Waals surface area (Å²) in [5.74, 6) is -0.375. The molecule has 1 heterocycles. The van der Waals surface area contributed by atoms with Gasteiger partial charge in [0.05, 0.1) is 10.9 Å². The highest BCUT2D eigenvalue weighted by atomic mass is 32.2. The first kappa shape index (κ1) is 17.1. The highest BCUT2D eigenvalue weighted by molar-refractivity contribution is 7.89. The van der Waals surface area contributed by atoms with Gasteiger partial charge in [0.1, 0.15) is 0 Å². The number of benzene rings is 1. The van der Waals surface area contributed by atoms with E-state index in [1.165, 1.54) is 19.1 Å². The van der Waals surface area contributed by atoms with Gasteiger partial charge in [0.2, 0.25) is 15.9 Å². The minimum atomic E-state index is -3.70. The van der Waals surface area contributed by atoms with Crippen LogP contribution in [0.25, 0.3) is 0 Å². The zero-order chi connectivity index (χ0) is 16.7. The summed E-state index contributed by atoms with van der Waals surface area (Å²) in [5.41, 5.74) is 0.866. The van der Waals surface area contributed by atoms with E-state index in [1.54, 1.807) is 24.4 Å². The predicted molar refractivity (Wildman–Crippen MR) is 87.2 cm³/mol. The van der Waals surface area contributed by atoms with Crippen LogP contribution in [0.3, 0.4) is 0 Å². The van der Waals surface area contributed by atoms with Crippen LogP contribution >= 0.6 is 0 Å². The number of nitrogens with one attached hydrogen (secondary N) is 2. The van der Waals surface area contributed by atoms with Crippen molar-refractivity contribution in [1.29, 1.82) is 0 Å². The smallest absolute Gasteiger partial charge is 0.241 e. The van der Waals surface area contributed by atoms with Gasteiger partial charge >= 0.3 is 0 Å². The van der Waals surface area contributed by atoms with Crippen molar-refractivity contribution >= 4 is 15.9 Å². The number of carbonyl (C=O) groups is 1. The molecule has 1 aromatic heterocycles. The molecule has 0 spiro atoms. The van der Waals surface area contributed by atoms with E-state index >= 15 is 0 Å². The van der Waals surface area contributed by atoms with Crippen LogP contribution in [0, 0.1) is 0 Å². The van der Waals surface area contributed by atoms with Crippen LogP contribution in [-0.4, -0.2) is 31.9 Å². The second-order valence-corrected chi connectivity index (χ2v) is 6.73. The molecule has 0 saturated carbocycles. The van der Waals surface area contributed by atoms with Crippen molar-refractivity contribution in [2.24, 2.45) is 0 Å². The van der Waals surface area contributed by atoms with Crippen molar-refractivity contribution in [3.63, 3.8) is 0 Å². The quantitative estimate of drug-likeness (QED) is 0.794. The van der Waals surface area contributed by atoms with E-state index in [9.17, 15) is 13.2 Å². The number of carbonyl (C=O) groups excluding carboxylic acids is 1. The predicted octanol–water partition coefficient (Wildman–Crippen LogP) is 1.11. The Morgan fingerprint density at radius 2 is 1.83 bits per heavy atom. The van der Waals surface area contributed by atoms with Crippen LogP contribution in [0.4, 0.5) is 0 Å². The molecule has 1 atom stereocenters. The van der Waals surface area contributed by atoms with Gasteiger partial charge in [-0.25, -0.2) is 8.42 Å². The number of rotatable bonds is 7. The topological polar surface area (TPSA) is 88.2 Å². The third-order valence-electron chi connectivity index (χ3n) is 3.19. The maximum Gasteiger partial charge on any atom is 0.241 e. The molecular formula is C16H19N3O3S. The van der Waals surface area contributed by atoms with E-state index in [0.29, 0.717) is 13.0 Å². The van der Waals surface area contributed by atoms with Gasteiger partial charge in [-0.2, -0.15) is 4.72 Å². The molecule has 2 aromatic rings. The zero-order valence-electron chi connectivity index (χ0n) is 12.8. The third kappa shape index (κ3) is 5.15. The minimum absolute atomic E-state index is 0.133. The molecule has 0 aliphatic carbocycles. The summed E-state index contributed by atoms with van der Waals surface area (Å²) in [4.78, 5) is 16.3. The molecule has 122 valence electrons. The fraction of sp³-hybridized carbons (Fsp3) is 0.250. The number of hydrogen-bond donors (Lipinski definition) is 2. The lowest BCUT2D eigenvalue weighted by Crippen LogP contribution is -2.45. The Morgan fingerprint density at radius 3 is 2.48 bits per heavy atom.